The van der Waals surface area contributed by atoms with Gasteiger partial charge in [0.2, 0.25) is 10.0 Å². The Morgan fingerprint density at radius 2 is 2.00 bits per heavy atom. The molecule has 0 aliphatic rings. The average Bonchev–Trinajstić information content (AvgIpc) is 2.64. The summed E-state index contributed by atoms with van der Waals surface area (Å²) in [5, 5.41) is 8.78. The molecule has 0 spiro atoms. The summed E-state index contributed by atoms with van der Waals surface area (Å²) in [6.45, 7) is 6.36. The molecule has 1 aromatic heterocycles. The lowest BCUT2D eigenvalue weighted by Gasteiger charge is -2.18. The molecule has 1 aromatic rings. The molecule has 98 valence electrons. The lowest BCUT2D eigenvalue weighted by atomic mass is 9.98. The number of thiophene rings is 1. The van der Waals surface area contributed by atoms with Crippen LogP contribution >= 0.6 is 11.3 Å². The number of aliphatic hydroxyl groups excluding tert-OH is 1. The number of hydrogen-bond acceptors (Lipinski definition) is 4. The summed E-state index contributed by atoms with van der Waals surface area (Å²) in [6, 6.07) is 3.33. The quantitative estimate of drug-likeness (QED) is 0.859. The normalized spacial score (nSPS) is 12.9. The summed E-state index contributed by atoms with van der Waals surface area (Å²) in [6.07, 6.45) is 0.499. The Balaban J connectivity index is 2.75. The van der Waals surface area contributed by atoms with Crippen molar-refractivity contribution in [1.29, 1.82) is 0 Å². The molecule has 1 heterocycles. The molecule has 0 saturated heterocycles. The van der Waals surface area contributed by atoms with Gasteiger partial charge in [0, 0.05) is 24.4 Å². The van der Waals surface area contributed by atoms with Crippen LogP contribution in [-0.4, -0.2) is 26.7 Å². The molecule has 0 aliphatic carbocycles. The fourth-order valence-corrected chi connectivity index (χ4v) is 3.80. The Hall–Kier alpha value is -0.430. The zero-order valence-electron chi connectivity index (χ0n) is 10.4. The second kappa shape index (κ2) is 5.48. The first kappa shape index (κ1) is 14.6. The summed E-state index contributed by atoms with van der Waals surface area (Å²) >= 11 is 1.20. The first-order valence-electron chi connectivity index (χ1n) is 5.44. The van der Waals surface area contributed by atoms with Gasteiger partial charge in [0.25, 0.3) is 0 Å². The lowest BCUT2D eigenvalue weighted by Crippen LogP contribution is -2.31. The van der Waals surface area contributed by atoms with Crippen LogP contribution in [0.3, 0.4) is 0 Å². The number of rotatable bonds is 5. The standard InChI is InChI=1S/C11H19NO3S2/c1-11(2,3)8-12-17(14,15)10-5-4-9(16-10)6-7-13/h4-5,12-13H,6-8H2,1-3H3. The molecule has 0 radical (unpaired) electrons. The van der Waals surface area contributed by atoms with E-state index in [2.05, 4.69) is 4.72 Å². The van der Waals surface area contributed by atoms with E-state index < -0.39 is 10.0 Å². The van der Waals surface area contributed by atoms with Gasteiger partial charge < -0.3 is 5.11 Å². The van der Waals surface area contributed by atoms with Crippen LogP contribution < -0.4 is 4.72 Å². The van der Waals surface area contributed by atoms with Crippen molar-refractivity contribution < 1.29 is 13.5 Å². The SMILES string of the molecule is CC(C)(C)CNS(=O)(=O)c1ccc(CCO)s1. The summed E-state index contributed by atoms with van der Waals surface area (Å²) < 4.78 is 26.8. The largest absolute Gasteiger partial charge is 0.396 e. The Kier molecular flexibility index (Phi) is 4.71. The minimum absolute atomic E-state index is 0.0371. The minimum Gasteiger partial charge on any atom is -0.396 e. The summed E-state index contributed by atoms with van der Waals surface area (Å²) in [5.74, 6) is 0. The van der Waals surface area contributed by atoms with Gasteiger partial charge in [-0.05, 0) is 17.5 Å². The van der Waals surface area contributed by atoms with E-state index in [-0.39, 0.29) is 12.0 Å². The zero-order chi connectivity index (χ0) is 13.1. The van der Waals surface area contributed by atoms with Gasteiger partial charge in [0.1, 0.15) is 4.21 Å². The van der Waals surface area contributed by atoms with Crippen LogP contribution in [0.2, 0.25) is 0 Å². The maximum Gasteiger partial charge on any atom is 0.250 e. The smallest absolute Gasteiger partial charge is 0.250 e. The van der Waals surface area contributed by atoms with Crippen molar-refractivity contribution in [1.82, 2.24) is 4.72 Å². The Morgan fingerprint density at radius 1 is 1.35 bits per heavy atom. The van der Waals surface area contributed by atoms with Crippen LogP contribution in [0.1, 0.15) is 25.6 Å². The first-order valence-corrected chi connectivity index (χ1v) is 7.74. The molecule has 0 amide bonds. The monoisotopic (exact) mass is 277 g/mol. The molecule has 17 heavy (non-hydrogen) atoms. The van der Waals surface area contributed by atoms with Gasteiger partial charge in [0.05, 0.1) is 0 Å². The molecule has 6 heteroatoms. The lowest BCUT2D eigenvalue weighted by molar-refractivity contribution is 0.300. The number of hydrogen-bond donors (Lipinski definition) is 2. The molecule has 4 nitrogen and oxygen atoms in total. The fraction of sp³-hybridized carbons (Fsp3) is 0.636. The van der Waals surface area contributed by atoms with Gasteiger partial charge in [0.15, 0.2) is 0 Å². The molecule has 0 unspecified atom stereocenters. The zero-order valence-corrected chi connectivity index (χ0v) is 12.0. The minimum atomic E-state index is -3.40. The second-order valence-corrected chi connectivity index (χ2v) is 8.24. The highest BCUT2D eigenvalue weighted by Gasteiger charge is 2.20. The van der Waals surface area contributed by atoms with Crippen LogP contribution in [0.25, 0.3) is 0 Å². The maximum absolute atomic E-state index is 11.9. The van der Waals surface area contributed by atoms with Crippen molar-refractivity contribution in [2.24, 2.45) is 5.41 Å². The third kappa shape index (κ3) is 4.75. The average molecular weight is 277 g/mol. The molecule has 0 aliphatic heterocycles. The molecule has 0 saturated carbocycles. The van der Waals surface area contributed by atoms with E-state index in [1.165, 1.54) is 11.3 Å². The van der Waals surface area contributed by atoms with Crippen LogP contribution in [0.15, 0.2) is 16.3 Å². The van der Waals surface area contributed by atoms with E-state index in [0.717, 1.165) is 4.88 Å². The van der Waals surface area contributed by atoms with Crippen LogP contribution in [-0.2, 0) is 16.4 Å². The molecule has 0 bridgehead atoms. The summed E-state index contributed by atoms with van der Waals surface area (Å²) in [4.78, 5) is 0.878. The first-order chi connectivity index (χ1) is 7.74. The Labute approximate surface area is 107 Å². The van der Waals surface area contributed by atoms with E-state index in [4.69, 9.17) is 5.11 Å². The highest BCUT2D eigenvalue weighted by Crippen LogP contribution is 2.22. The van der Waals surface area contributed by atoms with Crippen molar-refractivity contribution in [2.75, 3.05) is 13.2 Å². The maximum atomic E-state index is 11.9. The van der Waals surface area contributed by atoms with Crippen molar-refractivity contribution >= 4 is 21.4 Å². The predicted octanol–water partition coefficient (Wildman–Crippen LogP) is 1.61. The van der Waals surface area contributed by atoms with E-state index in [1.54, 1.807) is 12.1 Å². The Morgan fingerprint density at radius 3 is 2.53 bits per heavy atom. The topological polar surface area (TPSA) is 66.4 Å². The van der Waals surface area contributed by atoms with Crippen molar-refractivity contribution in [3.8, 4) is 0 Å². The molecule has 2 N–H and O–H groups in total. The van der Waals surface area contributed by atoms with Crippen LogP contribution in [0.4, 0.5) is 0 Å². The van der Waals surface area contributed by atoms with Gasteiger partial charge in [-0.1, -0.05) is 20.8 Å². The van der Waals surface area contributed by atoms with Crippen molar-refractivity contribution in [2.45, 2.75) is 31.4 Å². The van der Waals surface area contributed by atoms with Crippen molar-refractivity contribution in [3.63, 3.8) is 0 Å². The predicted molar refractivity (Wildman–Crippen MR) is 69.8 cm³/mol. The van der Waals surface area contributed by atoms with Gasteiger partial charge in [-0.15, -0.1) is 11.3 Å². The number of aliphatic hydroxyl groups is 1. The fourth-order valence-electron chi connectivity index (χ4n) is 1.13. The van der Waals surface area contributed by atoms with Gasteiger partial charge in [-0.3, -0.25) is 0 Å². The van der Waals surface area contributed by atoms with Crippen molar-refractivity contribution in [3.05, 3.63) is 17.0 Å². The summed E-state index contributed by atoms with van der Waals surface area (Å²) in [7, 11) is -3.40. The molecule has 0 fully saturated rings. The van der Waals surface area contributed by atoms with E-state index >= 15 is 0 Å². The van der Waals surface area contributed by atoms with Crippen LogP contribution in [0.5, 0.6) is 0 Å². The van der Waals surface area contributed by atoms with Crippen LogP contribution in [0, 0.1) is 5.41 Å². The van der Waals surface area contributed by atoms with E-state index in [9.17, 15) is 8.42 Å². The number of sulfonamides is 1. The molecule has 0 aromatic carbocycles. The highest BCUT2D eigenvalue weighted by atomic mass is 32.2. The third-order valence-electron chi connectivity index (χ3n) is 2.05. The van der Waals surface area contributed by atoms with E-state index in [0.29, 0.717) is 17.2 Å². The Bertz CT molecular complexity index is 457. The third-order valence-corrected chi connectivity index (χ3v) is 5.09. The molecule has 0 atom stereocenters. The number of nitrogens with one attached hydrogen (secondary N) is 1. The van der Waals surface area contributed by atoms with E-state index in [1.807, 2.05) is 20.8 Å². The molecular formula is C11H19NO3S2. The van der Waals surface area contributed by atoms with Gasteiger partial charge >= 0.3 is 0 Å². The van der Waals surface area contributed by atoms with Gasteiger partial charge in [-0.25, -0.2) is 13.1 Å². The summed E-state index contributed by atoms with van der Waals surface area (Å²) in [5.41, 5.74) is -0.0851. The molecular weight excluding hydrogens is 258 g/mol. The molecule has 1 rings (SSSR count). The second-order valence-electron chi connectivity index (χ2n) is 5.08. The highest BCUT2D eigenvalue weighted by molar-refractivity contribution is 7.91. The van der Waals surface area contributed by atoms with Gasteiger partial charge in [-0.2, -0.15) is 0 Å².